The van der Waals surface area contributed by atoms with Crippen molar-refractivity contribution in [2.24, 2.45) is 0 Å². The molecule has 2 N–H and O–H groups in total. The summed E-state index contributed by atoms with van der Waals surface area (Å²) in [6, 6.07) is 7.16. The van der Waals surface area contributed by atoms with Crippen LogP contribution in [0.3, 0.4) is 0 Å². The third-order valence-corrected chi connectivity index (χ3v) is 3.46. The Hall–Kier alpha value is -2.08. The van der Waals surface area contributed by atoms with Crippen molar-refractivity contribution in [2.45, 2.75) is 25.8 Å². The van der Waals surface area contributed by atoms with Gasteiger partial charge in [-0.2, -0.15) is 0 Å². The van der Waals surface area contributed by atoms with Crippen molar-refractivity contribution in [3.8, 4) is 0 Å². The number of carbonyl (C=O) groups is 2. The van der Waals surface area contributed by atoms with Gasteiger partial charge in [0, 0.05) is 18.8 Å². The maximum atomic E-state index is 12.4. The number of hydrogen-bond acceptors (Lipinski definition) is 3. The number of rotatable bonds is 5. The van der Waals surface area contributed by atoms with Crippen LogP contribution in [0.4, 0.5) is 10.5 Å². The molecular weight excluding hydrogens is 272 g/mol. The Morgan fingerprint density at radius 2 is 2.19 bits per heavy atom. The Morgan fingerprint density at radius 3 is 2.81 bits per heavy atom. The number of nitrogens with zero attached hydrogens (tertiary/aromatic N) is 1. The summed E-state index contributed by atoms with van der Waals surface area (Å²) < 4.78 is 5.24. The lowest BCUT2D eigenvalue weighted by Crippen LogP contribution is -2.46. The quantitative estimate of drug-likeness (QED) is 0.867. The van der Waals surface area contributed by atoms with Crippen molar-refractivity contribution in [1.82, 2.24) is 5.32 Å². The van der Waals surface area contributed by atoms with Crippen molar-refractivity contribution in [2.75, 3.05) is 24.7 Å². The van der Waals surface area contributed by atoms with Crippen LogP contribution in [-0.4, -0.2) is 42.9 Å². The van der Waals surface area contributed by atoms with Crippen LogP contribution in [0, 0.1) is 6.92 Å². The van der Waals surface area contributed by atoms with E-state index in [1.165, 1.54) is 4.90 Å². The number of urea groups is 1. The number of ether oxygens (including phenoxy) is 1. The number of anilines is 1. The van der Waals surface area contributed by atoms with Crippen molar-refractivity contribution >= 4 is 17.7 Å². The second kappa shape index (κ2) is 7.08. The van der Waals surface area contributed by atoms with Crippen molar-refractivity contribution in [3.63, 3.8) is 0 Å². The molecule has 2 amide bonds. The minimum atomic E-state index is -0.925. The molecule has 1 fully saturated rings. The van der Waals surface area contributed by atoms with E-state index in [1.54, 1.807) is 0 Å². The fraction of sp³-hybridized carbons (Fsp3) is 0.467. The highest BCUT2D eigenvalue weighted by Gasteiger charge is 2.23. The number of carboxylic acid groups (broad SMARTS) is 1. The third kappa shape index (κ3) is 4.19. The second-order valence-electron chi connectivity index (χ2n) is 5.09. The molecule has 6 nitrogen and oxygen atoms in total. The van der Waals surface area contributed by atoms with Crippen molar-refractivity contribution < 1.29 is 19.4 Å². The van der Waals surface area contributed by atoms with Crippen LogP contribution in [0.5, 0.6) is 0 Å². The molecule has 21 heavy (non-hydrogen) atoms. The standard InChI is InChI=1S/C15H20N2O4/c1-11-4-2-3-5-13(11)17(8-6-14(18)19)15(20)16-12-7-9-21-10-12/h2-5,12H,6-10H2,1H3,(H,16,20)(H,18,19). The van der Waals surface area contributed by atoms with Crippen molar-refractivity contribution in [1.29, 1.82) is 0 Å². The summed E-state index contributed by atoms with van der Waals surface area (Å²) in [5.74, 6) is -0.925. The molecule has 0 radical (unpaired) electrons. The van der Waals surface area contributed by atoms with Crippen LogP contribution >= 0.6 is 0 Å². The fourth-order valence-electron chi connectivity index (χ4n) is 2.31. The molecule has 1 aliphatic heterocycles. The number of carboxylic acids is 1. The van der Waals surface area contributed by atoms with Gasteiger partial charge in [0.2, 0.25) is 0 Å². The minimum absolute atomic E-state index is 0.00570. The third-order valence-electron chi connectivity index (χ3n) is 3.46. The van der Waals surface area contributed by atoms with E-state index in [0.29, 0.717) is 13.2 Å². The summed E-state index contributed by atoms with van der Waals surface area (Å²) in [6.07, 6.45) is 0.690. The zero-order chi connectivity index (χ0) is 15.2. The summed E-state index contributed by atoms with van der Waals surface area (Å²) in [6.45, 7) is 3.19. The van der Waals surface area contributed by atoms with Crippen molar-refractivity contribution in [3.05, 3.63) is 29.8 Å². The van der Waals surface area contributed by atoms with E-state index in [4.69, 9.17) is 9.84 Å². The SMILES string of the molecule is Cc1ccccc1N(CCC(=O)O)C(=O)NC1CCOC1. The molecule has 0 saturated carbocycles. The molecule has 0 spiro atoms. The highest BCUT2D eigenvalue weighted by Crippen LogP contribution is 2.20. The van der Waals surface area contributed by atoms with Gasteiger partial charge in [-0.05, 0) is 25.0 Å². The van der Waals surface area contributed by atoms with Crippen LogP contribution in [0.1, 0.15) is 18.4 Å². The van der Waals surface area contributed by atoms with E-state index >= 15 is 0 Å². The molecule has 0 aromatic heterocycles. The Kier molecular flexibility index (Phi) is 5.16. The molecule has 114 valence electrons. The average Bonchev–Trinajstić information content (AvgIpc) is 2.93. The maximum absolute atomic E-state index is 12.4. The molecule has 6 heteroatoms. The van der Waals surface area contributed by atoms with E-state index in [2.05, 4.69) is 5.32 Å². The lowest BCUT2D eigenvalue weighted by atomic mass is 10.1. The zero-order valence-electron chi connectivity index (χ0n) is 12.0. The predicted octanol–water partition coefficient (Wildman–Crippen LogP) is 1.77. The molecule has 0 aliphatic carbocycles. The first kappa shape index (κ1) is 15.3. The summed E-state index contributed by atoms with van der Waals surface area (Å²) >= 11 is 0. The van der Waals surface area contributed by atoms with E-state index in [-0.39, 0.29) is 25.0 Å². The normalized spacial score (nSPS) is 17.5. The topological polar surface area (TPSA) is 78.9 Å². The summed E-state index contributed by atoms with van der Waals surface area (Å²) in [7, 11) is 0. The van der Waals surface area contributed by atoms with Gasteiger partial charge in [-0.1, -0.05) is 18.2 Å². The molecule has 0 bridgehead atoms. The molecule has 1 saturated heterocycles. The highest BCUT2D eigenvalue weighted by molar-refractivity contribution is 5.93. The highest BCUT2D eigenvalue weighted by atomic mass is 16.5. The second-order valence-corrected chi connectivity index (χ2v) is 5.09. The van der Waals surface area contributed by atoms with Crippen LogP contribution in [0.2, 0.25) is 0 Å². The van der Waals surface area contributed by atoms with Gasteiger partial charge in [-0.3, -0.25) is 9.69 Å². The number of benzene rings is 1. The van der Waals surface area contributed by atoms with E-state index in [1.807, 2.05) is 31.2 Å². The van der Waals surface area contributed by atoms with E-state index in [0.717, 1.165) is 17.7 Å². The van der Waals surface area contributed by atoms with Crippen LogP contribution < -0.4 is 10.2 Å². The number of aryl methyl sites for hydroxylation is 1. The average molecular weight is 292 g/mol. The van der Waals surface area contributed by atoms with E-state index < -0.39 is 5.97 Å². The summed E-state index contributed by atoms with van der Waals surface area (Å²) in [5, 5.41) is 11.8. The molecule has 1 heterocycles. The van der Waals surface area contributed by atoms with Gasteiger partial charge >= 0.3 is 12.0 Å². The number of para-hydroxylation sites is 1. The van der Waals surface area contributed by atoms with Gasteiger partial charge < -0.3 is 15.2 Å². The lowest BCUT2D eigenvalue weighted by molar-refractivity contribution is -0.136. The first-order valence-electron chi connectivity index (χ1n) is 7.01. The van der Waals surface area contributed by atoms with Gasteiger partial charge in [-0.15, -0.1) is 0 Å². The maximum Gasteiger partial charge on any atom is 0.322 e. The van der Waals surface area contributed by atoms with Gasteiger partial charge in [-0.25, -0.2) is 4.79 Å². The van der Waals surface area contributed by atoms with Crippen LogP contribution in [0.15, 0.2) is 24.3 Å². The Morgan fingerprint density at radius 1 is 1.43 bits per heavy atom. The smallest absolute Gasteiger partial charge is 0.322 e. The first-order chi connectivity index (χ1) is 10.1. The predicted molar refractivity (Wildman–Crippen MR) is 78.5 cm³/mol. The summed E-state index contributed by atoms with van der Waals surface area (Å²) in [5.41, 5.74) is 1.66. The number of carbonyl (C=O) groups excluding carboxylic acids is 1. The number of nitrogens with one attached hydrogen (secondary N) is 1. The number of aliphatic carboxylic acids is 1. The van der Waals surface area contributed by atoms with Gasteiger partial charge in [0.1, 0.15) is 0 Å². The van der Waals surface area contributed by atoms with Gasteiger partial charge in [0.25, 0.3) is 0 Å². The zero-order valence-corrected chi connectivity index (χ0v) is 12.0. The van der Waals surface area contributed by atoms with E-state index in [9.17, 15) is 9.59 Å². The first-order valence-corrected chi connectivity index (χ1v) is 7.01. The Labute approximate surface area is 123 Å². The molecule has 2 rings (SSSR count). The molecule has 1 aliphatic rings. The van der Waals surface area contributed by atoms with Gasteiger partial charge in [0.15, 0.2) is 0 Å². The van der Waals surface area contributed by atoms with Crippen LogP contribution in [-0.2, 0) is 9.53 Å². The molecule has 1 aromatic carbocycles. The Balaban J connectivity index is 2.12. The minimum Gasteiger partial charge on any atom is -0.481 e. The van der Waals surface area contributed by atoms with Crippen LogP contribution in [0.25, 0.3) is 0 Å². The number of amides is 2. The van der Waals surface area contributed by atoms with Gasteiger partial charge in [0.05, 0.1) is 19.1 Å². The molecule has 1 unspecified atom stereocenters. The molecular formula is C15H20N2O4. The summed E-state index contributed by atoms with van der Waals surface area (Å²) in [4.78, 5) is 24.7. The Bertz CT molecular complexity index is 512. The number of hydrogen-bond donors (Lipinski definition) is 2. The fourth-order valence-corrected chi connectivity index (χ4v) is 2.31. The molecule has 1 atom stereocenters. The lowest BCUT2D eigenvalue weighted by Gasteiger charge is -2.25. The molecule has 1 aromatic rings. The monoisotopic (exact) mass is 292 g/mol. The largest absolute Gasteiger partial charge is 0.481 e.